The van der Waals surface area contributed by atoms with Crippen LogP contribution in [0.1, 0.15) is 37.7 Å². The second-order valence-electron chi connectivity index (χ2n) is 5.36. The van der Waals surface area contributed by atoms with Crippen molar-refractivity contribution in [1.82, 2.24) is 5.32 Å². The average molecular weight is 307 g/mol. The van der Waals surface area contributed by atoms with Gasteiger partial charge in [-0.2, -0.15) is 11.8 Å². The molecule has 1 aliphatic heterocycles. The van der Waals surface area contributed by atoms with Gasteiger partial charge in [0.05, 0.1) is 5.92 Å². The SMILES string of the molecule is CCC(C(=O)NC1(C(=O)O)CCSCC1)c1ccccc1. The standard InChI is InChI=1S/C16H21NO3S/c1-2-13(12-6-4-3-5-7-12)14(18)17-16(15(19)20)8-10-21-11-9-16/h3-7,13H,2,8-11H2,1H3,(H,17,18)(H,19,20). The van der Waals surface area contributed by atoms with Gasteiger partial charge in [0.25, 0.3) is 0 Å². The second-order valence-corrected chi connectivity index (χ2v) is 6.59. The maximum absolute atomic E-state index is 12.6. The number of thioether (sulfide) groups is 1. The number of carboxylic acids is 1. The van der Waals surface area contributed by atoms with E-state index in [2.05, 4.69) is 5.32 Å². The van der Waals surface area contributed by atoms with Gasteiger partial charge in [0.1, 0.15) is 5.54 Å². The van der Waals surface area contributed by atoms with Gasteiger partial charge in [0.2, 0.25) is 5.91 Å². The van der Waals surface area contributed by atoms with Crippen LogP contribution in [0.25, 0.3) is 0 Å². The highest BCUT2D eigenvalue weighted by Gasteiger charge is 2.42. The molecule has 0 bridgehead atoms. The van der Waals surface area contributed by atoms with E-state index < -0.39 is 11.5 Å². The summed E-state index contributed by atoms with van der Waals surface area (Å²) in [6.07, 6.45) is 1.63. The third-order valence-corrected chi connectivity index (χ3v) is 5.03. The molecule has 0 saturated carbocycles. The van der Waals surface area contributed by atoms with Crippen molar-refractivity contribution >= 4 is 23.6 Å². The molecule has 0 radical (unpaired) electrons. The van der Waals surface area contributed by atoms with Gasteiger partial charge in [-0.05, 0) is 36.3 Å². The van der Waals surface area contributed by atoms with Crippen molar-refractivity contribution in [1.29, 1.82) is 0 Å². The third kappa shape index (κ3) is 3.59. The highest BCUT2D eigenvalue weighted by Crippen LogP contribution is 2.29. The summed E-state index contributed by atoms with van der Waals surface area (Å²) in [7, 11) is 0. The Morgan fingerprint density at radius 2 is 1.90 bits per heavy atom. The fourth-order valence-electron chi connectivity index (χ4n) is 2.69. The molecule has 2 rings (SSSR count). The molecule has 1 aromatic rings. The van der Waals surface area contributed by atoms with E-state index in [1.54, 1.807) is 11.8 Å². The fourth-order valence-corrected chi connectivity index (χ4v) is 3.88. The molecule has 1 amide bonds. The molecule has 1 saturated heterocycles. The molecule has 1 aliphatic rings. The van der Waals surface area contributed by atoms with Gasteiger partial charge in [-0.25, -0.2) is 4.79 Å². The van der Waals surface area contributed by atoms with Crippen molar-refractivity contribution in [3.05, 3.63) is 35.9 Å². The molecule has 1 unspecified atom stereocenters. The predicted octanol–water partition coefficient (Wildman–Crippen LogP) is 2.65. The van der Waals surface area contributed by atoms with Crippen molar-refractivity contribution in [2.24, 2.45) is 0 Å². The fraction of sp³-hybridized carbons (Fsp3) is 0.500. The lowest BCUT2D eigenvalue weighted by atomic mass is 9.89. The van der Waals surface area contributed by atoms with Gasteiger partial charge < -0.3 is 10.4 Å². The van der Waals surface area contributed by atoms with Crippen molar-refractivity contribution < 1.29 is 14.7 Å². The quantitative estimate of drug-likeness (QED) is 0.877. The molecule has 1 aromatic carbocycles. The van der Waals surface area contributed by atoms with E-state index in [-0.39, 0.29) is 11.8 Å². The topological polar surface area (TPSA) is 66.4 Å². The summed E-state index contributed by atoms with van der Waals surface area (Å²) >= 11 is 1.74. The largest absolute Gasteiger partial charge is 0.480 e. The first-order chi connectivity index (χ1) is 10.1. The number of carboxylic acid groups (broad SMARTS) is 1. The molecule has 0 aliphatic carbocycles. The van der Waals surface area contributed by atoms with Crippen molar-refractivity contribution in [3.8, 4) is 0 Å². The number of benzene rings is 1. The number of hydrogen-bond acceptors (Lipinski definition) is 3. The first kappa shape index (κ1) is 15.9. The van der Waals surface area contributed by atoms with Crippen LogP contribution in [0.2, 0.25) is 0 Å². The number of amides is 1. The minimum Gasteiger partial charge on any atom is -0.480 e. The number of carbonyl (C=O) groups excluding carboxylic acids is 1. The molecule has 114 valence electrons. The van der Waals surface area contributed by atoms with Gasteiger partial charge in [-0.15, -0.1) is 0 Å². The van der Waals surface area contributed by atoms with Gasteiger partial charge >= 0.3 is 5.97 Å². The second kappa shape index (κ2) is 6.98. The van der Waals surface area contributed by atoms with Crippen molar-refractivity contribution in [3.63, 3.8) is 0 Å². The highest BCUT2D eigenvalue weighted by molar-refractivity contribution is 7.99. The maximum atomic E-state index is 12.6. The molecular formula is C16H21NO3S. The van der Waals surface area contributed by atoms with E-state index in [1.807, 2.05) is 37.3 Å². The molecule has 1 atom stereocenters. The zero-order valence-electron chi connectivity index (χ0n) is 12.2. The van der Waals surface area contributed by atoms with Crippen molar-refractivity contribution in [2.45, 2.75) is 37.6 Å². The van der Waals surface area contributed by atoms with E-state index in [1.165, 1.54) is 0 Å². The molecule has 0 spiro atoms. The Balaban J connectivity index is 2.16. The lowest BCUT2D eigenvalue weighted by Crippen LogP contribution is -2.57. The van der Waals surface area contributed by atoms with Crippen LogP contribution >= 0.6 is 11.8 Å². The minimum atomic E-state index is -1.09. The van der Waals surface area contributed by atoms with Gasteiger partial charge in [-0.3, -0.25) is 4.79 Å². The average Bonchev–Trinajstić information content (AvgIpc) is 2.50. The molecule has 21 heavy (non-hydrogen) atoms. The van der Waals surface area contributed by atoms with Crippen LogP contribution in [0.3, 0.4) is 0 Å². The minimum absolute atomic E-state index is 0.182. The van der Waals surface area contributed by atoms with Gasteiger partial charge in [0, 0.05) is 0 Å². The highest BCUT2D eigenvalue weighted by atomic mass is 32.2. The van der Waals surface area contributed by atoms with Crippen LogP contribution in [-0.2, 0) is 9.59 Å². The first-order valence-electron chi connectivity index (χ1n) is 7.27. The number of nitrogens with one attached hydrogen (secondary N) is 1. The van der Waals surface area contributed by atoms with Crippen LogP contribution in [-0.4, -0.2) is 34.0 Å². The van der Waals surface area contributed by atoms with E-state index in [0.29, 0.717) is 19.3 Å². The molecule has 1 fully saturated rings. The van der Waals surface area contributed by atoms with E-state index in [0.717, 1.165) is 17.1 Å². The summed E-state index contributed by atoms with van der Waals surface area (Å²) in [6, 6.07) is 9.53. The van der Waals surface area contributed by atoms with Crippen LogP contribution in [0.5, 0.6) is 0 Å². The van der Waals surface area contributed by atoms with E-state index in [9.17, 15) is 14.7 Å². The number of hydrogen-bond donors (Lipinski definition) is 2. The van der Waals surface area contributed by atoms with Crippen LogP contribution in [0.15, 0.2) is 30.3 Å². The Morgan fingerprint density at radius 3 is 2.43 bits per heavy atom. The Kier molecular flexibility index (Phi) is 5.28. The van der Waals surface area contributed by atoms with Crippen molar-refractivity contribution in [2.75, 3.05) is 11.5 Å². The summed E-state index contributed by atoms with van der Waals surface area (Å²) < 4.78 is 0. The summed E-state index contributed by atoms with van der Waals surface area (Å²) in [6.45, 7) is 1.95. The summed E-state index contributed by atoms with van der Waals surface area (Å²) in [5, 5.41) is 12.4. The van der Waals surface area contributed by atoms with Crippen LogP contribution < -0.4 is 5.32 Å². The van der Waals surface area contributed by atoms with Crippen LogP contribution in [0, 0.1) is 0 Å². The Hall–Kier alpha value is -1.49. The lowest BCUT2D eigenvalue weighted by molar-refractivity contribution is -0.148. The Morgan fingerprint density at radius 1 is 1.29 bits per heavy atom. The zero-order valence-corrected chi connectivity index (χ0v) is 13.0. The molecule has 4 nitrogen and oxygen atoms in total. The summed E-state index contributed by atoms with van der Waals surface area (Å²) in [5.74, 6) is 0.151. The lowest BCUT2D eigenvalue weighted by Gasteiger charge is -2.35. The number of aliphatic carboxylic acids is 1. The predicted molar refractivity (Wildman–Crippen MR) is 84.5 cm³/mol. The first-order valence-corrected chi connectivity index (χ1v) is 8.42. The molecule has 5 heteroatoms. The summed E-state index contributed by atoms with van der Waals surface area (Å²) in [4.78, 5) is 24.2. The maximum Gasteiger partial charge on any atom is 0.329 e. The van der Waals surface area contributed by atoms with Crippen LogP contribution in [0.4, 0.5) is 0 Å². The monoisotopic (exact) mass is 307 g/mol. The molecule has 0 aromatic heterocycles. The molecule has 2 N–H and O–H groups in total. The number of rotatable bonds is 5. The Labute approximate surface area is 129 Å². The van der Waals surface area contributed by atoms with E-state index >= 15 is 0 Å². The third-order valence-electron chi connectivity index (χ3n) is 4.04. The zero-order chi connectivity index (χ0) is 15.3. The molecular weight excluding hydrogens is 286 g/mol. The number of carbonyl (C=O) groups is 2. The normalized spacial score (nSPS) is 18.7. The molecule has 1 heterocycles. The van der Waals surface area contributed by atoms with Gasteiger partial charge in [0.15, 0.2) is 0 Å². The smallest absolute Gasteiger partial charge is 0.329 e. The summed E-state index contributed by atoms with van der Waals surface area (Å²) in [5.41, 5.74) is -0.159. The van der Waals surface area contributed by atoms with E-state index in [4.69, 9.17) is 0 Å². The Bertz CT molecular complexity index is 498. The van der Waals surface area contributed by atoms with Gasteiger partial charge in [-0.1, -0.05) is 37.3 Å².